The summed E-state index contributed by atoms with van der Waals surface area (Å²) in [5, 5.41) is 7.18. The molecule has 2 aromatic rings. The van der Waals surface area contributed by atoms with Crippen LogP contribution in [-0.4, -0.2) is 15.7 Å². The quantitative estimate of drug-likeness (QED) is 0.822. The summed E-state index contributed by atoms with van der Waals surface area (Å²) in [6.07, 6.45) is 3.33. The predicted molar refractivity (Wildman–Crippen MR) is 80.7 cm³/mol. The van der Waals surface area contributed by atoms with Gasteiger partial charge in [0, 0.05) is 17.7 Å². The average molecular weight is 272 g/mol. The minimum absolute atomic E-state index is 0.0322. The summed E-state index contributed by atoms with van der Waals surface area (Å²) in [5.74, 6) is 0.739. The summed E-state index contributed by atoms with van der Waals surface area (Å²) < 4.78 is 1.69. The van der Waals surface area contributed by atoms with Crippen molar-refractivity contribution in [1.82, 2.24) is 9.78 Å². The molecule has 0 aliphatic rings. The van der Waals surface area contributed by atoms with Gasteiger partial charge in [0.25, 0.3) is 0 Å². The van der Waals surface area contributed by atoms with Gasteiger partial charge in [-0.05, 0) is 37.1 Å². The Kier molecular flexibility index (Phi) is 4.40. The van der Waals surface area contributed by atoms with Crippen molar-refractivity contribution >= 4 is 17.4 Å². The van der Waals surface area contributed by atoms with E-state index >= 15 is 0 Å². The van der Waals surface area contributed by atoms with Crippen LogP contribution in [0, 0.1) is 5.92 Å². The number of nitrogen functional groups attached to an aromatic ring is 1. The van der Waals surface area contributed by atoms with Gasteiger partial charge >= 0.3 is 0 Å². The Morgan fingerprint density at radius 1 is 1.25 bits per heavy atom. The van der Waals surface area contributed by atoms with Crippen LogP contribution in [0.2, 0.25) is 0 Å². The maximum absolute atomic E-state index is 12.1. The van der Waals surface area contributed by atoms with E-state index in [0.29, 0.717) is 11.5 Å². The molecule has 1 heterocycles. The van der Waals surface area contributed by atoms with Crippen LogP contribution in [0.3, 0.4) is 0 Å². The Labute approximate surface area is 118 Å². The third-order valence-corrected chi connectivity index (χ3v) is 3.39. The van der Waals surface area contributed by atoms with Crippen LogP contribution >= 0.6 is 0 Å². The van der Waals surface area contributed by atoms with E-state index in [1.165, 1.54) is 0 Å². The van der Waals surface area contributed by atoms with Gasteiger partial charge < -0.3 is 11.1 Å². The third kappa shape index (κ3) is 2.99. The summed E-state index contributed by atoms with van der Waals surface area (Å²) >= 11 is 0. The molecule has 0 fully saturated rings. The molecule has 0 spiro atoms. The lowest BCUT2D eigenvalue weighted by Crippen LogP contribution is -2.23. The molecule has 0 unspecified atom stereocenters. The lowest BCUT2D eigenvalue weighted by atomic mass is 10.0. The lowest BCUT2D eigenvalue weighted by Gasteiger charge is -2.14. The number of benzene rings is 1. The number of aromatic nitrogens is 2. The first-order chi connectivity index (χ1) is 9.65. The van der Waals surface area contributed by atoms with Crippen LogP contribution in [-0.2, 0) is 4.79 Å². The number of nitrogens with two attached hydrogens (primary N) is 1. The SMILES string of the molecule is CCC(CC)C(=O)Nc1ccnn1-c1ccc(N)cc1. The van der Waals surface area contributed by atoms with Crippen LogP contribution in [0.25, 0.3) is 5.69 Å². The second-order valence-corrected chi connectivity index (χ2v) is 4.72. The second kappa shape index (κ2) is 6.23. The summed E-state index contributed by atoms with van der Waals surface area (Å²) in [6, 6.07) is 9.15. The molecule has 0 saturated carbocycles. The molecule has 3 N–H and O–H groups in total. The van der Waals surface area contributed by atoms with Gasteiger partial charge in [-0.1, -0.05) is 13.8 Å². The van der Waals surface area contributed by atoms with Crippen molar-refractivity contribution in [3.05, 3.63) is 36.5 Å². The van der Waals surface area contributed by atoms with Crippen molar-refractivity contribution in [1.29, 1.82) is 0 Å². The summed E-state index contributed by atoms with van der Waals surface area (Å²) in [7, 11) is 0. The van der Waals surface area contributed by atoms with E-state index in [0.717, 1.165) is 18.5 Å². The topological polar surface area (TPSA) is 72.9 Å². The number of hydrogen-bond donors (Lipinski definition) is 2. The number of carbonyl (C=O) groups excluding carboxylic acids is 1. The van der Waals surface area contributed by atoms with E-state index in [4.69, 9.17) is 5.73 Å². The fourth-order valence-electron chi connectivity index (χ4n) is 2.11. The third-order valence-electron chi connectivity index (χ3n) is 3.39. The zero-order valence-electron chi connectivity index (χ0n) is 11.8. The van der Waals surface area contributed by atoms with Gasteiger partial charge in [0.1, 0.15) is 5.82 Å². The van der Waals surface area contributed by atoms with Gasteiger partial charge in [0.15, 0.2) is 0 Å². The molecular weight excluding hydrogens is 252 g/mol. The molecule has 1 amide bonds. The van der Waals surface area contributed by atoms with E-state index in [-0.39, 0.29) is 11.8 Å². The Hall–Kier alpha value is -2.30. The first kappa shape index (κ1) is 14.1. The van der Waals surface area contributed by atoms with E-state index < -0.39 is 0 Å². The smallest absolute Gasteiger partial charge is 0.228 e. The molecule has 0 atom stereocenters. The molecule has 5 heteroatoms. The molecule has 20 heavy (non-hydrogen) atoms. The van der Waals surface area contributed by atoms with Crippen molar-refractivity contribution in [2.24, 2.45) is 5.92 Å². The number of rotatable bonds is 5. The van der Waals surface area contributed by atoms with Crippen LogP contribution < -0.4 is 11.1 Å². The number of carbonyl (C=O) groups is 1. The fourth-order valence-corrected chi connectivity index (χ4v) is 2.11. The van der Waals surface area contributed by atoms with Crippen molar-refractivity contribution in [2.45, 2.75) is 26.7 Å². The highest BCUT2D eigenvalue weighted by atomic mass is 16.2. The van der Waals surface area contributed by atoms with Gasteiger partial charge in [-0.15, -0.1) is 0 Å². The minimum Gasteiger partial charge on any atom is -0.399 e. The van der Waals surface area contributed by atoms with Crippen molar-refractivity contribution in [2.75, 3.05) is 11.1 Å². The molecule has 0 aliphatic heterocycles. The highest BCUT2D eigenvalue weighted by molar-refractivity contribution is 5.91. The van der Waals surface area contributed by atoms with Crippen LogP contribution in [0.1, 0.15) is 26.7 Å². The maximum Gasteiger partial charge on any atom is 0.228 e. The van der Waals surface area contributed by atoms with E-state index in [9.17, 15) is 4.79 Å². The van der Waals surface area contributed by atoms with Crippen molar-refractivity contribution < 1.29 is 4.79 Å². The summed E-state index contributed by atoms with van der Waals surface area (Å²) in [4.78, 5) is 12.1. The largest absolute Gasteiger partial charge is 0.399 e. The molecule has 0 bridgehead atoms. The number of amides is 1. The Morgan fingerprint density at radius 2 is 1.90 bits per heavy atom. The number of nitrogens with zero attached hydrogens (tertiary/aromatic N) is 2. The van der Waals surface area contributed by atoms with Gasteiger partial charge in [-0.3, -0.25) is 4.79 Å². The van der Waals surface area contributed by atoms with Gasteiger partial charge in [0.2, 0.25) is 5.91 Å². The average Bonchev–Trinajstić information content (AvgIpc) is 2.89. The maximum atomic E-state index is 12.1. The van der Waals surface area contributed by atoms with Crippen molar-refractivity contribution in [3.63, 3.8) is 0 Å². The number of nitrogens with one attached hydrogen (secondary N) is 1. The van der Waals surface area contributed by atoms with E-state index in [2.05, 4.69) is 10.4 Å². The van der Waals surface area contributed by atoms with E-state index in [1.54, 1.807) is 16.9 Å². The monoisotopic (exact) mass is 272 g/mol. The minimum atomic E-state index is 0.0322. The molecule has 1 aromatic heterocycles. The molecular formula is C15H20N4O. The zero-order chi connectivity index (χ0) is 14.5. The lowest BCUT2D eigenvalue weighted by molar-refractivity contribution is -0.120. The van der Waals surface area contributed by atoms with Crippen LogP contribution in [0.15, 0.2) is 36.5 Å². The first-order valence-corrected chi connectivity index (χ1v) is 6.86. The van der Waals surface area contributed by atoms with Crippen molar-refractivity contribution in [3.8, 4) is 5.69 Å². The Morgan fingerprint density at radius 3 is 2.50 bits per heavy atom. The number of hydrogen-bond acceptors (Lipinski definition) is 3. The van der Waals surface area contributed by atoms with E-state index in [1.807, 2.05) is 38.1 Å². The standard InChI is InChI=1S/C15H20N4O/c1-3-11(4-2)15(20)18-14-9-10-17-19(14)13-7-5-12(16)6-8-13/h5-11H,3-4,16H2,1-2H3,(H,18,20). The Bertz CT molecular complexity index is 570. The molecule has 0 radical (unpaired) electrons. The van der Waals surface area contributed by atoms with Gasteiger partial charge in [-0.2, -0.15) is 5.10 Å². The normalized spacial score (nSPS) is 10.8. The number of anilines is 2. The second-order valence-electron chi connectivity index (χ2n) is 4.72. The van der Waals surface area contributed by atoms with Crippen LogP contribution in [0.5, 0.6) is 0 Å². The highest BCUT2D eigenvalue weighted by Crippen LogP contribution is 2.18. The summed E-state index contributed by atoms with van der Waals surface area (Å²) in [5.41, 5.74) is 7.24. The molecule has 0 aliphatic carbocycles. The fraction of sp³-hybridized carbons (Fsp3) is 0.333. The van der Waals surface area contributed by atoms with Gasteiger partial charge in [0.05, 0.1) is 11.9 Å². The molecule has 1 aromatic carbocycles. The molecule has 0 saturated heterocycles. The zero-order valence-corrected chi connectivity index (χ0v) is 11.8. The molecule has 2 rings (SSSR count). The van der Waals surface area contributed by atoms with Crippen LogP contribution in [0.4, 0.5) is 11.5 Å². The Balaban J connectivity index is 2.21. The van der Waals surface area contributed by atoms with Gasteiger partial charge in [-0.25, -0.2) is 4.68 Å². The predicted octanol–water partition coefficient (Wildman–Crippen LogP) is 2.83. The highest BCUT2D eigenvalue weighted by Gasteiger charge is 2.16. The molecule has 106 valence electrons. The summed E-state index contributed by atoms with van der Waals surface area (Å²) in [6.45, 7) is 4.04. The molecule has 5 nitrogen and oxygen atoms in total. The first-order valence-electron chi connectivity index (χ1n) is 6.86.